The first kappa shape index (κ1) is 9.61. The molecule has 0 bridgehead atoms. The predicted octanol–water partition coefficient (Wildman–Crippen LogP) is 0.0131. The van der Waals surface area contributed by atoms with Gasteiger partial charge >= 0.3 is 0 Å². The van der Waals surface area contributed by atoms with Gasteiger partial charge in [0.1, 0.15) is 0 Å². The van der Waals surface area contributed by atoms with Crippen LogP contribution in [-0.4, -0.2) is 39.6 Å². The molecule has 0 heterocycles. The van der Waals surface area contributed by atoms with Gasteiger partial charge in [-0.2, -0.15) is 0 Å². The van der Waals surface area contributed by atoms with E-state index in [1.807, 2.05) is 3.11 Å². The summed E-state index contributed by atoms with van der Waals surface area (Å²) in [5.41, 5.74) is 0. The van der Waals surface area contributed by atoms with Gasteiger partial charge in [-0.25, -0.2) is 3.11 Å². The lowest BCUT2D eigenvalue weighted by Gasteiger charge is -2.10. The van der Waals surface area contributed by atoms with Gasteiger partial charge in [0.15, 0.2) is 0 Å². The van der Waals surface area contributed by atoms with Crippen LogP contribution in [0.2, 0.25) is 0 Å². The minimum absolute atomic E-state index is 0.189. The number of hydrogen-bond donors (Lipinski definition) is 2. The number of halogens is 1. The van der Waals surface area contributed by atoms with Gasteiger partial charge in [0.05, 0.1) is 6.61 Å². The quantitative estimate of drug-likeness (QED) is 0.530. The monoisotopic (exact) mass is 245 g/mol. The van der Waals surface area contributed by atoms with Crippen molar-refractivity contribution in [3.63, 3.8) is 0 Å². The molecule has 2 N–H and O–H groups in total. The molecule has 0 fully saturated rings. The molecule has 0 radical (unpaired) electrons. The first-order chi connectivity index (χ1) is 4.31. The number of aliphatic hydroxyl groups is 2. The number of hydrogen-bond acceptors (Lipinski definition) is 3. The van der Waals surface area contributed by atoms with E-state index in [2.05, 4.69) is 22.9 Å². The molecule has 3 nitrogen and oxygen atoms in total. The Hall–Kier alpha value is 0.610. The SMILES string of the molecule is OCCCN(I)CCO. The molecule has 0 amide bonds. The fourth-order valence-corrected chi connectivity index (χ4v) is 1.02. The van der Waals surface area contributed by atoms with Gasteiger partial charge in [-0.15, -0.1) is 0 Å². The molecule has 0 aliphatic rings. The highest BCUT2D eigenvalue weighted by Crippen LogP contribution is 1.97. The number of nitrogens with zero attached hydrogens (tertiary/aromatic N) is 1. The van der Waals surface area contributed by atoms with E-state index in [4.69, 9.17) is 10.2 Å². The second-order valence-corrected chi connectivity index (χ2v) is 3.08. The molecule has 0 aliphatic carbocycles. The summed E-state index contributed by atoms with van der Waals surface area (Å²) >= 11 is 2.13. The minimum Gasteiger partial charge on any atom is -0.396 e. The zero-order valence-electron chi connectivity index (χ0n) is 5.26. The Morgan fingerprint density at radius 2 is 1.78 bits per heavy atom. The lowest BCUT2D eigenvalue weighted by molar-refractivity contribution is 0.248. The Morgan fingerprint density at radius 3 is 2.22 bits per heavy atom. The van der Waals surface area contributed by atoms with Crippen LogP contribution in [0.3, 0.4) is 0 Å². The molecule has 0 atom stereocenters. The fourth-order valence-electron chi connectivity index (χ4n) is 0.463. The third-order valence-corrected chi connectivity index (χ3v) is 1.87. The van der Waals surface area contributed by atoms with Crippen molar-refractivity contribution in [3.05, 3.63) is 0 Å². The summed E-state index contributed by atoms with van der Waals surface area (Å²) < 4.78 is 1.95. The summed E-state index contributed by atoms with van der Waals surface area (Å²) in [6.07, 6.45) is 0.781. The summed E-state index contributed by atoms with van der Waals surface area (Å²) in [6, 6.07) is 0. The van der Waals surface area contributed by atoms with Crippen LogP contribution < -0.4 is 0 Å². The zero-order chi connectivity index (χ0) is 7.11. The highest BCUT2D eigenvalue weighted by atomic mass is 127. The second-order valence-electron chi connectivity index (χ2n) is 1.71. The van der Waals surface area contributed by atoms with Crippen molar-refractivity contribution in [3.8, 4) is 0 Å². The van der Waals surface area contributed by atoms with Crippen LogP contribution in [0.15, 0.2) is 0 Å². The van der Waals surface area contributed by atoms with Gasteiger partial charge in [0.2, 0.25) is 0 Å². The first-order valence-corrected chi connectivity index (χ1v) is 3.90. The maximum atomic E-state index is 8.43. The lowest BCUT2D eigenvalue weighted by atomic mass is 10.4. The average Bonchev–Trinajstić information content (AvgIpc) is 1.85. The minimum atomic E-state index is 0.189. The molecule has 0 aliphatic heterocycles. The van der Waals surface area contributed by atoms with Gasteiger partial charge in [-0.3, -0.25) is 0 Å². The van der Waals surface area contributed by atoms with E-state index in [-0.39, 0.29) is 13.2 Å². The summed E-state index contributed by atoms with van der Waals surface area (Å²) in [7, 11) is 0. The third kappa shape index (κ3) is 6.50. The largest absolute Gasteiger partial charge is 0.396 e. The Labute approximate surface area is 69.2 Å². The summed E-state index contributed by atoms with van der Waals surface area (Å²) in [4.78, 5) is 0. The summed E-state index contributed by atoms with van der Waals surface area (Å²) in [5.74, 6) is 0. The van der Waals surface area contributed by atoms with E-state index in [0.717, 1.165) is 13.0 Å². The van der Waals surface area contributed by atoms with Gasteiger partial charge in [-0.05, 0) is 6.42 Å². The molecule has 0 rings (SSSR count). The standard InChI is InChI=1S/C5H12INO2/c6-7(3-5-9)2-1-4-8/h8-9H,1-5H2. The topological polar surface area (TPSA) is 43.7 Å². The van der Waals surface area contributed by atoms with E-state index >= 15 is 0 Å². The third-order valence-electron chi connectivity index (χ3n) is 0.901. The smallest absolute Gasteiger partial charge is 0.0566 e. The fraction of sp³-hybridized carbons (Fsp3) is 1.00. The molecule has 0 spiro atoms. The van der Waals surface area contributed by atoms with Crippen LogP contribution in [0.1, 0.15) is 6.42 Å². The van der Waals surface area contributed by atoms with Crippen LogP contribution in [0.5, 0.6) is 0 Å². The van der Waals surface area contributed by atoms with E-state index < -0.39 is 0 Å². The van der Waals surface area contributed by atoms with Gasteiger partial charge in [0.25, 0.3) is 0 Å². The highest BCUT2D eigenvalue weighted by molar-refractivity contribution is 14.1. The molecule has 0 aromatic carbocycles. The van der Waals surface area contributed by atoms with Crippen LogP contribution in [0, 0.1) is 0 Å². The molecule has 9 heavy (non-hydrogen) atoms. The maximum absolute atomic E-state index is 8.43. The van der Waals surface area contributed by atoms with Gasteiger partial charge in [-0.1, -0.05) is 0 Å². The van der Waals surface area contributed by atoms with Crippen molar-refractivity contribution in [2.45, 2.75) is 6.42 Å². The van der Waals surface area contributed by atoms with Crippen molar-refractivity contribution in [2.75, 3.05) is 26.3 Å². The summed E-state index contributed by atoms with van der Waals surface area (Å²) in [5, 5.41) is 16.8. The van der Waals surface area contributed by atoms with E-state index in [9.17, 15) is 0 Å². The first-order valence-electron chi connectivity index (χ1n) is 2.93. The van der Waals surface area contributed by atoms with Crippen LogP contribution in [-0.2, 0) is 0 Å². The molecule has 0 unspecified atom stereocenters. The van der Waals surface area contributed by atoms with E-state index in [0.29, 0.717) is 6.54 Å². The number of rotatable bonds is 5. The molecular formula is C5H12INO2. The van der Waals surface area contributed by atoms with Crippen LogP contribution in [0.25, 0.3) is 0 Å². The maximum Gasteiger partial charge on any atom is 0.0566 e. The van der Waals surface area contributed by atoms with Crippen molar-refractivity contribution in [1.82, 2.24) is 3.11 Å². The molecule has 0 saturated carbocycles. The molecule has 0 aromatic rings. The lowest BCUT2D eigenvalue weighted by Crippen LogP contribution is -2.17. The van der Waals surface area contributed by atoms with E-state index in [1.54, 1.807) is 0 Å². The van der Waals surface area contributed by atoms with Crippen molar-refractivity contribution in [2.24, 2.45) is 0 Å². The zero-order valence-corrected chi connectivity index (χ0v) is 7.41. The highest BCUT2D eigenvalue weighted by Gasteiger charge is 1.95. The van der Waals surface area contributed by atoms with Crippen molar-refractivity contribution >= 4 is 22.9 Å². The molecule has 0 saturated heterocycles. The van der Waals surface area contributed by atoms with Gasteiger partial charge < -0.3 is 10.2 Å². The summed E-state index contributed by atoms with van der Waals surface area (Å²) in [6.45, 7) is 1.94. The Balaban J connectivity index is 2.95. The molecule has 56 valence electrons. The van der Waals surface area contributed by atoms with Crippen LogP contribution >= 0.6 is 22.9 Å². The van der Waals surface area contributed by atoms with E-state index in [1.165, 1.54) is 0 Å². The van der Waals surface area contributed by atoms with Crippen molar-refractivity contribution < 1.29 is 10.2 Å². The van der Waals surface area contributed by atoms with Gasteiger partial charge in [0, 0.05) is 42.6 Å². The average molecular weight is 245 g/mol. The Bertz CT molecular complexity index is 62.9. The van der Waals surface area contributed by atoms with Crippen molar-refractivity contribution in [1.29, 1.82) is 0 Å². The normalized spacial score (nSPS) is 10.7. The second kappa shape index (κ2) is 6.73. The molecule has 4 heteroatoms. The Kier molecular flexibility index (Phi) is 7.18. The Morgan fingerprint density at radius 1 is 1.11 bits per heavy atom. The predicted molar refractivity (Wildman–Crippen MR) is 44.4 cm³/mol. The molecule has 0 aromatic heterocycles. The van der Waals surface area contributed by atoms with Crippen LogP contribution in [0.4, 0.5) is 0 Å². The molecular weight excluding hydrogens is 233 g/mol. The number of aliphatic hydroxyl groups excluding tert-OH is 2.